The van der Waals surface area contributed by atoms with E-state index in [1.807, 2.05) is 18.4 Å². The van der Waals surface area contributed by atoms with E-state index in [9.17, 15) is 13.2 Å². The molecule has 30 heavy (non-hydrogen) atoms. The molecule has 1 aliphatic heterocycles. The van der Waals surface area contributed by atoms with E-state index in [1.54, 1.807) is 18.2 Å². The monoisotopic (exact) mass is 441 g/mol. The SMILES string of the molecule is Cc1ccc(-c2csc(NC(=O)c3ccc4c(c3)C[C@H](C)N4S(C)(=O)=O)n2)cc1C. The summed E-state index contributed by atoms with van der Waals surface area (Å²) in [4.78, 5) is 17.3. The number of rotatable bonds is 4. The summed E-state index contributed by atoms with van der Waals surface area (Å²) in [5, 5.41) is 5.31. The van der Waals surface area contributed by atoms with E-state index in [2.05, 4.69) is 36.3 Å². The van der Waals surface area contributed by atoms with Crippen molar-refractivity contribution in [3.63, 3.8) is 0 Å². The minimum Gasteiger partial charge on any atom is -0.298 e. The molecule has 4 rings (SSSR count). The van der Waals surface area contributed by atoms with Gasteiger partial charge in [-0.1, -0.05) is 12.1 Å². The van der Waals surface area contributed by atoms with Crippen LogP contribution in [-0.2, 0) is 16.4 Å². The summed E-state index contributed by atoms with van der Waals surface area (Å²) in [6.45, 7) is 6.00. The lowest BCUT2D eigenvalue weighted by Gasteiger charge is -2.21. The predicted octanol–water partition coefficient (Wildman–Crippen LogP) is 4.39. The molecule has 0 saturated carbocycles. The van der Waals surface area contributed by atoms with Crippen LogP contribution in [0.25, 0.3) is 11.3 Å². The van der Waals surface area contributed by atoms with Gasteiger partial charge in [-0.3, -0.25) is 14.4 Å². The normalized spacial score (nSPS) is 15.9. The first-order chi connectivity index (χ1) is 14.1. The number of benzene rings is 2. The van der Waals surface area contributed by atoms with Crippen LogP contribution < -0.4 is 9.62 Å². The van der Waals surface area contributed by atoms with Crippen molar-refractivity contribution in [3.8, 4) is 11.3 Å². The van der Waals surface area contributed by atoms with Crippen LogP contribution in [0.1, 0.15) is 34.0 Å². The van der Waals surface area contributed by atoms with Crippen molar-refractivity contribution in [2.24, 2.45) is 0 Å². The van der Waals surface area contributed by atoms with Crippen LogP contribution in [0.5, 0.6) is 0 Å². The highest BCUT2D eigenvalue weighted by Gasteiger charge is 2.32. The molecule has 1 atom stereocenters. The number of amides is 1. The summed E-state index contributed by atoms with van der Waals surface area (Å²) in [6.07, 6.45) is 1.78. The van der Waals surface area contributed by atoms with Gasteiger partial charge in [-0.2, -0.15) is 0 Å². The Balaban J connectivity index is 1.54. The molecule has 2 aromatic carbocycles. The molecular formula is C22H23N3O3S2. The summed E-state index contributed by atoms with van der Waals surface area (Å²) in [5.74, 6) is -0.260. The number of anilines is 2. The Morgan fingerprint density at radius 1 is 1.17 bits per heavy atom. The number of hydrogen-bond acceptors (Lipinski definition) is 5. The average molecular weight is 442 g/mol. The van der Waals surface area contributed by atoms with E-state index in [1.165, 1.54) is 33.0 Å². The van der Waals surface area contributed by atoms with Gasteiger partial charge < -0.3 is 0 Å². The van der Waals surface area contributed by atoms with Gasteiger partial charge in [0.1, 0.15) is 0 Å². The number of aryl methyl sites for hydroxylation is 2. The molecule has 0 saturated heterocycles. The lowest BCUT2D eigenvalue weighted by Crippen LogP contribution is -2.34. The van der Waals surface area contributed by atoms with Crippen molar-refractivity contribution in [3.05, 3.63) is 64.0 Å². The van der Waals surface area contributed by atoms with Gasteiger partial charge in [0.2, 0.25) is 10.0 Å². The van der Waals surface area contributed by atoms with Crippen LogP contribution in [0.2, 0.25) is 0 Å². The third-order valence-corrected chi connectivity index (χ3v) is 7.41. The summed E-state index contributed by atoms with van der Waals surface area (Å²) in [5.41, 5.74) is 6.25. The Bertz CT molecular complexity index is 1250. The van der Waals surface area contributed by atoms with Crippen LogP contribution in [0.3, 0.4) is 0 Å². The van der Waals surface area contributed by atoms with Crippen molar-refractivity contribution in [1.29, 1.82) is 0 Å². The molecule has 1 aliphatic rings. The lowest BCUT2D eigenvalue weighted by atomic mass is 10.1. The van der Waals surface area contributed by atoms with Crippen LogP contribution >= 0.6 is 11.3 Å². The second kappa shape index (κ2) is 7.52. The number of nitrogens with zero attached hydrogens (tertiary/aromatic N) is 2. The fraction of sp³-hybridized carbons (Fsp3) is 0.273. The Kier molecular flexibility index (Phi) is 5.15. The van der Waals surface area contributed by atoms with Gasteiger partial charge in [0, 0.05) is 22.5 Å². The number of thiazole rings is 1. The van der Waals surface area contributed by atoms with Crippen LogP contribution in [-0.4, -0.2) is 31.6 Å². The second-order valence-electron chi connectivity index (χ2n) is 7.75. The summed E-state index contributed by atoms with van der Waals surface area (Å²) in [7, 11) is -3.35. The molecule has 0 unspecified atom stereocenters. The summed E-state index contributed by atoms with van der Waals surface area (Å²) >= 11 is 1.38. The minimum atomic E-state index is -3.35. The van der Waals surface area contributed by atoms with Gasteiger partial charge in [0.15, 0.2) is 5.13 Å². The Morgan fingerprint density at radius 3 is 2.63 bits per heavy atom. The zero-order valence-corrected chi connectivity index (χ0v) is 18.9. The van der Waals surface area contributed by atoms with Crippen LogP contribution in [0.4, 0.5) is 10.8 Å². The van der Waals surface area contributed by atoms with E-state index < -0.39 is 10.0 Å². The number of fused-ring (bicyclic) bond motifs is 1. The highest BCUT2D eigenvalue weighted by molar-refractivity contribution is 7.92. The van der Waals surface area contributed by atoms with Crippen molar-refractivity contribution in [2.75, 3.05) is 15.9 Å². The molecule has 6 nitrogen and oxygen atoms in total. The first-order valence-corrected chi connectivity index (χ1v) is 12.3. The topological polar surface area (TPSA) is 79.4 Å². The molecule has 2 heterocycles. The van der Waals surface area contributed by atoms with Gasteiger partial charge in [-0.25, -0.2) is 13.4 Å². The minimum absolute atomic E-state index is 0.159. The van der Waals surface area contributed by atoms with Gasteiger partial charge in [0.05, 0.1) is 17.6 Å². The highest BCUT2D eigenvalue weighted by Crippen LogP contribution is 2.35. The van der Waals surface area contributed by atoms with E-state index in [-0.39, 0.29) is 11.9 Å². The molecule has 8 heteroatoms. The van der Waals surface area contributed by atoms with Crippen molar-refractivity contribution < 1.29 is 13.2 Å². The van der Waals surface area contributed by atoms with E-state index in [0.29, 0.717) is 22.8 Å². The lowest BCUT2D eigenvalue weighted by molar-refractivity contribution is 0.102. The fourth-order valence-electron chi connectivity index (χ4n) is 3.78. The Hall–Kier alpha value is -2.71. The zero-order chi connectivity index (χ0) is 21.6. The molecule has 1 aromatic heterocycles. The third kappa shape index (κ3) is 3.85. The highest BCUT2D eigenvalue weighted by atomic mass is 32.2. The number of carbonyl (C=O) groups excluding carboxylic acids is 1. The standard InChI is InChI=1S/C22H23N3O3S2/c1-13-5-6-16(9-14(13)2)19-12-29-22(23-19)24-21(26)17-7-8-20-18(11-17)10-15(3)25(20)30(4,27)28/h5-9,11-12,15H,10H2,1-4H3,(H,23,24,26)/t15-/m0/s1. The molecule has 0 bridgehead atoms. The molecule has 1 amide bonds. The molecule has 156 valence electrons. The maximum Gasteiger partial charge on any atom is 0.257 e. The maximum absolute atomic E-state index is 12.7. The van der Waals surface area contributed by atoms with Crippen molar-refractivity contribution in [2.45, 2.75) is 33.2 Å². The largest absolute Gasteiger partial charge is 0.298 e. The van der Waals surface area contributed by atoms with Gasteiger partial charge in [-0.05, 0) is 68.1 Å². The average Bonchev–Trinajstić information content (AvgIpc) is 3.26. The quantitative estimate of drug-likeness (QED) is 0.651. The van der Waals surface area contributed by atoms with E-state index >= 15 is 0 Å². The molecule has 0 spiro atoms. The molecule has 0 radical (unpaired) electrons. The van der Waals surface area contributed by atoms with Crippen molar-refractivity contribution >= 4 is 38.1 Å². The number of hydrogen-bond donors (Lipinski definition) is 1. The van der Waals surface area contributed by atoms with Gasteiger partial charge >= 0.3 is 0 Å². The molecule has 1 N–H and O–H groups in total. The van der Waals surface area contributed by atoms with Crippen LogP contribution in [0.15, 0.2) is 41.8 Å². The first kappa shape index (κ1) is 20.6. The molecular weight excluding hydrogens is 418 g/mol. The Labute approximate surface area is 180 Å². The van der Waals surface area contributed by atoms with E-state index in [0.717, 1.165) is 16.8 Å². The predicted molar refractivity (Wildman–Crippen MR) is 122 cm³/mol. The number of carbonyl (C=O) groups is 1. The number of sulfonamides is 1. The summed E-state index contributed by atoms with van der Waals surface area (Å²) in [6, 6.07) is 11.1. The fourth-order valence-corrected chi connectivity index (χ4v) is 5.76. The van der Waals surface area contributed by atoms with Gasteiger partial charge in [-0.15, -0.1) is 11.3 Å². The smallest absolute Gasteiger partial charge is 0.257 e. The third-order valence-electron chi connectivity index (χ3n) is 5.38. The number of aromatic nitrogens is 1. The number of nitrogens with one attached hydrogen (secondary N) is 1. The summed E-state index contributed by atoms with van der Waals surface area (Å²) < 4.78 is 25.5. The second-order valence-corrected chi connectivity index (χ2v) is 10.5. The molecule has 0 fully saturated rings. The molecule has 3 aromatic rings. The Morgan fingerprint density at radius 2 is 1.93 bits per heavy atom. The van der Waals surface area contributed by atoms with E-state index in [4.69, 9.17) is 0 Å². The molecule has 0 aliphatic carbocycles. The zero-order valence-electron chi connectivity index (χ0n) is 17.3. The van der Waals surface area contributed by atoms with Gasteiger partial charge in [0.25, 0.3) is 5.91 Å². The van der Waals surface area contributed by atoms with Crippen LogP contribution in [0, 0.1) is 13.8 Å². The first-order valence-electron chi connectivity index (χ1n) is 9.60. The van der Waals surface area contributed by atoms with Crippen molar-refractivity contribution in [1.82, 2.24) is 4.98 Å². The maximum atomic E-state index is 12.7.